The Morgan fingerprint density at radius 2 is 2.24 bits per heavy atom. The van der Waals surface area contributed by atoms with E-state index < -0.39 is 5.97 Å². The van der Waals surface area contributed by atoms with E-state index in [2.05, 4.69) is 9.98 Å². The summed E-state index contributed by atoms with van der Waals surface area (Å²) in [6.07, 6.45) is 1.54. The van der Waals surface area contributed by atoms with Crippen molar-refractivity contribution in [2.75, 3.05) is 7.11 Å². The number of halogens is 1. The fourth-order valence-corrected chi connectivity index (χ4v) is 2.56. The van der Waals surface area contributed by atoms with Crippen LogP contribution < -0.4 is 4.74 Å². The van der Waals surface area contributed by atoms with Crippen LogP contribution in [0, 0.1) is 0 Å². The van der Waals surface area contributed by atoms with Gasteiger partial charge in [0, 0.05) is 11.6 Å². The third-order valence-electron chi connectivity index (χ3n) is 2.71. The van der Waals surface area contributed by atoms with Crippen molar-refractivity contribution in [2.24, 2.45) is 4.99 Å². The monoisotopic (exact) mass is 320 g/mol. The van der Waals surface area contributed by atoms with Crippen molar-refractivity contribution in [1.29, 1.82) is 0 Å². The van der Waals surface area contributed by atoms with Gasteiger partial charge in [-0.25, -0.2) is 14.8 Å². The van der Waals surface area contributed by atoms with Crippen LogP contribution >= 0.6 is 22.9 Å². The highest BCUT2D eigenvalue weighted by Gasteiger charge is 2.25. The van der Waals surface area contributed by atoms with Crippen LogP contribution in [0.25, 0.3) is 6.08 Å². The van der Waals surface area contributed by atoms with Gasteiger partial charge >= 0.3 is 5.97 Å². The number of aliphatic imine (C=N–C) groups is 1. The molecule has 2 aromatic heterocycles. The topological polar surface area (TPSA) is 60.8 Å². The zero-order valence-electron chi connectivity index (χ0n) is 10.9. The van der Waals surface area contributed by atoms with Gasteiger partial charge in [0.25, 0.3) is 0 Å². The van der Waals surface area contributed by atoms with Crippen LogP contribution in [-0.2, 0) is 9.53 Å². The van der Waals surface area contributed by atoms with Gasteiger partial charge in [0.2, 0.25) is 11.8 Å². The molecule has 1 aliphatic rings. The van der Waals surface area contributed by atoms with E-state index in [1.54, 1.807) is 12.1 Å². The first-order valence-corrected chi connectivity index (χ1v) is 7.20. The third-order valence-corrected chi connectivity index (χ3v) is 3.87. The molecule has 0 aliphatic carbocycles. The molecule has 3 rings (SSSR count). The number of esters is 1. The molecule has 106 valence electrons. The predicted octanol–water partition coefficient (Wildman–Crippen LogP) is 3.15. The Labute approximate surface area is 129 Å². The van der Waals surface area contributed by atoms with Gasteiger partial charge in [-0.05, 0) is 23.6 Å². The van der Waals surface area contributed by atoms with Gasteiger partial charge in [-0.15, -0.1) is 11.3 Å². The highest BCUT2D eigenvalue weighted by molar-refractivity contribution is 7.12. The Morgan fingerprint density at radius 1 is 1.38 bits per heavy atom. The maximum atomic E-state index is 11.8. The molecule has 0 amide bonds. The number of carbonyl (C=O) groups excluding carboxylic acids is 1. The molecule has 0 atom stereocenters. The second-order valence-corrected chi connectivity index (χ2v) is 5.35. The molecule has 0 saturated heterocycles. The zero-order chi connectivity index (χ0) is 14.8. The molecule has 0 spiro atoms. The van der Waals surface area contributed by atoms with E-state index in [1.165, 1.54) is 24.5 Å². The summed E-state index contributed by atoms with van der Waals surface area (Å²) in [4.78, 5) is 20.8. The number of rotatable bonds is 3. The Morgan fingerprint density at radius 3 is 2.90 bits per heavy atom. The lowest BCUT2D eigenvalue weighted by atomic mass is 10.2. The lowest BCUT2D eigenvalue weighted by molar-refractivity contribution is -0.129. The van der Waals surface area contributed by atoms with Crippen molar-refractivity contribution < 1.29 is 14.3 Å². The third kappa shape index (κ3) is 2.81. The summed E-state index contributed by atoms with van der Waals surface area (Å²) < 4.78 is 10.1. The van der Waals surface area contributed by atoms with E-state index >= 15 is 0 Å². The van der Waals surface area contributed by atoms with Crippen molar-refractivity contribution in [3.8, 4) is 5.88 Å². The van der Waals surface area contributed by atoms with Crippen LogP contribution in [0.5, 0.6) is 5.88 Å². The van der Waals surface area contributed by atoms with Crippen LogP contribution in [0.4, 0.5) is 0 Å². The molecule has 0 unspecified atom stereocenters. The fourth-order valence-electron chi connectivity index (χ4n) is 1.71. The van der Waals surface area contributed by atoms with Crippen molar-refractivity contribution in [1.82, 2.24) is 4.98 Å². The maximum absolute atomic E-state index is 11.8. The number of methoxy groups -OCH3 is 1. The number of aromatic nitrogens is 1. The lowest BCUT2D eigenvalue weighted by Gasteiger charge is -2.01. The second kappa shape index (κ2) is 5.67. The van der Waals surface area contributed by atoms with Gasteiger partial charge in [-0.1, -0.05) is 17.7 Å². The first-order valence-electron chi connectivity index (χ1n) is 5.94. The van der Waals surface area contributed by atoms with Gasteiger partial charge in [0.1, 0.15) is 5.15 Å². The molecular formula is C14H9ClN2O3S. The summed E-state index contributed by atoms with van der Waals surface area (Å²) in [5.74, 6) is 0.197. The highest BCUT2D eigenvalue weighted by atomic mass is 35.5. The van der Waals surface area contributed by atoms with Crippen molar-refractivity contribution in [2.45, 2.75) is 0 Å². The number of hydrogen-bond donors (Lipinski definition) is 0. The normalized spacial score (nSPS) is 16.0. The molecule has 1 aliphatic heterocycles. The van der Waals surface area contributed by atoms with Gasteiger partial charge < -0.3 is 9.47 Å². The molecule has 2 aromatic rings. The van der Waals surface area contributed by atoms with Crippen LogP contribution in [0.3, 0.4) is 0 Å². The van der Waals surface area contributed by atoms with E-state index in [1.807, 2.05) is 17.5 Å². The summed E-state index contributed by atoms with van der Waals surface area (Å²) in [5, 5.41) is 2.12. The van der Waals surface area contributed by atoms with E-state index in [-0.39, 0.29) is 10.9 Å². The van der Waals surface area contributed by atoms with Crippen molar-refractivity contribution in [3.05, 3.63) is 50.9 Å². The Hall–Kier alpha value is -2.18. The molecule has 0 N–H and O–H groups in total. The Kier molecular flexibility index (Phi) is 3.72. The molecule has 0 radical (unpaired) electrons. The fraction of sp³-hybridized carbons (Fsp3) is 0.0714. The van der Waals surface area contributed by atoms with E-state index in [9.17, 15) is 4.79 Å². The number of carbonyl (C=O) groups is 1. The standard InChI is InChI=1S/C14H9ClN2O3S/c1-19-11-5-4-8(12(15)17-11)7-9-14(18)20-13(16-9)10-3-2-6-21-10/h2-7H,1H3/b9-7-. The number of thiophene rings is 1. The minimum absolute atomic E-state index is 0.187. The molecule has 0 aromatic carbocycles. The Bertz CT molecular complexity index is 754. The lowest BCUT2D eigenvalue weighted by Crippen LogP contribution is -2.03. The first-order chi connectivity index (χ1) is 10.2. The number of cyclic esters (lactones) is 1. The molecule has 21 heavy (non-hydrogen) atoms. The predicted molar refractivity (Wildman–Crippen MR) is 80.7 cm³/mol. The second-order valence-electron chi connectivity index (χ2n) is 4.05. The van der Waals surface area contributed by atoms with Gasteiger partial charge in [-0.3, -0.25) is 0 Å². The van der Waals surface area contributed by atoms with Crippen molar-refractivity contribution >= 4 is 40.9 Å². The highest BCUT2D eigenvalue weighted by Crippen LogP contribution is 2.24. The SMILES string of the molecule is COc1ccc(/C=C2\N=C(c3cccs3)OC2=O)c(Cl)n1. The van der Waals surface area contributed by atoms with Crippen LogP contribution in [-0.4, -0.2) is 24.0 Å². The van der Waals surface area contributed by atoms with Crippen LogP contribution in [0.15, 0.2) is 40.3 Å². The zero-order valence-corrected chi connectivity index (χ0v) is 12.4. The summed E-state index contributed by atoms with van der Waals surface area (Å²) in [5.41, 5.74) is 0.757. The van der Waals surface area contributed by atoms with Crippen molar-refractivity contribution in [3.63, 3.8) is 0 Å². The van der Waals surface area contributed by atoms with Gasteiger partial charge in [-0.2, -0.15) is 0 Å². The average molecular weight is 321 g/mol. The van der Waals surface area contributed by atoms with Gasteiger partial charge in [0.15, 0.2) is 5.70 Å². The van der Waals surface area contributed by atoms with Crippen LogP contribution in [0.1, 0.15) is 10.4 Å². The molecule has 5 nitrogen and oxygen atoms in total. The maximum Gasteiger partial charge on any atom is 0.363 e. The molecule has 0 fully saturated rings. The summed E-state index contributed by atoms with van der Waals surface area (Å²) in [6, 6.07) is 7.06. The molecule has 0 saturated carbocycles. The molecule has 0 bridgehead atoms. The number of ether oxygens (including phenoxy) is 2. The quantitative estimate of drug-likeness (QED) is 0.495. The minimum atomic E-state index is -0.509. The van der Waals surface area contributed by atoms with E-state index in [0.29, 0.717) is 17.3 Å². The smallest absolute Gasteiger partial charge is 0.363 e. The summed E-state index contributed by atoms with van der Waals surface area (Å²) >= 11 is 7.48. The summed E-state index contributed by atoms with van der Waals surface area (Å²) in [6.45, 7) is 0. The molecular weight excluding hydrogens is 312 g/mol. The van der Waals surface area contributed by atoms with Gasteiger partial charge in [0.05, 0.1) is 12.0 Å². The number of hydrogen-bond acceptors (Lipinski definition) is 6. The molecule has 3 heterocycles. The Balaban J connectivity index is 1.94. The van der Waals surface area contributed by atoms with E-state index in [4.69, 9.17) is 21.1 Å². The largest absolute Gasteiger partial charge is 0.481 e. The minimum Gasteiger partial charge on any atom is -0.481 e. The van der Waals surface area contributed by atoms with E-state index in [0.717, 1.165) is 4.88 Å². The number of nitrogens with zero attached hydrogens (tertiary/aromatic N) is 2. The summed E-state index contributed by atoms with van der Waals surface area (Å²) in [7, 11) is 1.50. The first kappa shape index (κ1) is 13.8. The van der Waals surface area contributed by atoms with Crippen LogP contribution in [0.2, 0.25) is 5.15 Å². The average Bonchev–Trinajstić information content (AvgIpc) is 3.11. The number of pyridine rings is 1. The molecule has 7 heteroatoms.